The Labute approximate surface area is 183 Å². The minimum absolute atomic E-state index is 0.0988. The normalized spacial score (nSPS) is 17.7. The van der Waals surface area contributed by atoms with Gasteiger partial charge < -0.3 is 14.6 Å². The number of benzene rings is 2. The van der Waals surface area contributed by atoms with Gasteiger partial charge in [0.2, 0.25) is 5.90 Å². The lowest BCUT2D eigenvalue weighted by Crippen LogP contribution is -2.53. The largest absolute Gasteiger partial charge is 0.494 e. The summed E-state index contributed by atoms with van der Waals surface area (Å²) in [5, 5.41) is 8.86. The molecule has 0 aromatic heterocycles. The molecule has 1 heterocycles. The Balaban J connectivity index is 1.76. The summed E-state index contributed by atoms with van der Waals surface area (Å²) in [5.74, 6) is 0.956. The summed E-state index contributed by atoms with van der Waals surface area (Å²) < 4.78 is 11.5. The Hall–Kier alpha value is -2.90. The van der Waals surface area contributed by atoms with Gasteiger partial charge in [-0.25, -0.2) is 10.4 Å². The lowest BCUT2D eigenvalue weighted by molar-refractivity contribution is -0.127. The zero-order valence-electron chi connectivity index (χ0n) is 18.0. The Kier molecular flexibility index (Phi) is 8.44. The molecule has 0 bridgehead atoms. The standard InChI is InChI=1S/C24H31N3O4/c1-2-3-14-25-27-23(29)24(17-19-8-5-4-6-9-19)18-31-22(26-24)20-10-12-21(13-11-20)30-16-7-15-28/h4-6,8-13,25,28H,2-3,7,14-18H2,1H3,(H,27,29)/t24-/m0/s1. The first kappa shape index (κ1) is 22.8. The van der Waals surface area contributed by atoms with Crippen LogP contribution in [0.2, 0.25) is 0 Å². The predicted octanol–water partition coefficient (Wildman–Crippen LogP) is 2.63. The number of aliphatic hydroxyl groups is 1. The number of nitrogens with one attached hydrogen (secondary N) is 2. The van der Waals surface area contributed by atoms with Crippen LogP contribution < -0.4 is 15.6 Å². The van der Waals surface area contributed by atoms with Gasteiger partial charge in [0.25, 0.3) is 5.91 Å². The molecule has 0 unspecified atom stereocenters. The van der Waals surface area contributed by atoms with Crippen molar-refractivity contribution in [1.29, 1.82) is 0 Å². The Morgan fingerprint density at radius 3 is 2.65 bits per heavy atom. The van der Waals surface area contributed by atoms with Crippen LogP contribution >= 0.6 is 0 Å². The molecule has 0 fully saturated rings. The molecule has 2 aromatic carbocycles. The van der Waals surface area contributed by atoms with Crippen molar-refractivity contribution in [2.24, 2.45) is 4.99 Å². The average molecular weight is 426 g/mol. The highest BCUT2D eigenvalue weighted by molar-refractivity contribution is 6.00. The van der Waals surface area contributed by atoms with Crippen LogP contribution in [-0.2, 0) is 16.0 Å². The second-order valence-electron chi connectivity index (χ2n) is 7.58. The van der Waals surface area contributed by atoms with Crippen molar-refractivity contribution in [3.63, 3.8) is 0 Å². The third-order valence-corrected chi connectivity index (χ3v) is 5.05. The number of hydrazine groups is 1. The first-order chi connectivity index (χ1) is 15.2. The molecule has 3 N–H and O–H groups in total. The maximum absolute atomic E-state index is 13.1. The zero-order chi connectivity index (χ0) is 21.9. The number of unbranched alkanes of at least 4 members (excludes halogenated alkanes) is 1. The first-order valence-electron chi connectivity index (χ1n) is 10.8. The number of ether oxygens (including phenoxy) is 2. The number of aliphatic imine (C=N–C) groups is 1. The van der Waals surface area contributed by atoms with Gasteiger partial charge in [0.05, 0.1) is 6.61 Å². The van der Waals surface area contributed by atoms with Gasteiger partial charge in [-0.2, -0.15) is 0 Å². The average Bonchev–Trinajstić information content (AvgIpc) is 3.23. The van der Waals surface area contributed by atoms with Crippen LogP contribution in [0.15, 0.2) is 59.6 Å². The SMILES string of the molecule is CCCCNNC(=O)[C@]1(Cc2ccccc2)COC(c2ccc(OCCCO)cc2)=N1. The number of carbonyl (C=O) groups excluding carboxylic acids is 1. The third kappa shape index (κ3) is 6.29. The Bertz CT molecular complexity index is 855. The summed E-state index contributed by atoms with van der Waals surface area (Å²) in [7, 11) is 0. The summed E-state index contributed by atoms with van der Waals surface area (Å²) in [6.07, 6.45) is 3.05. The van der Waals surface area contributed by atoms with Crippen LogP contribution in [0.5, 0.6) is 5.75 Å². The van der Waals surface area contributed by atoms with E-state index >= 15 is 0 Å². The van der Waals surface area contributed by atoms with Crippen molar-refractivity contribution >= 4 is 11.8 Å². The molecule has 31 heavy (non-hydrogen) atoms. The molecule has 2 aromatic rings. The van der Waals surface area contributed by atoms with Crippen LogP contribution in [-0.4, -0.2) is 48.8 Å². The van der Waals surface area contributed by atoms with Crippen LogP contribution in [0.3, 0.4) is 0 Å². The Morgan fingerprint density at radius 2 is 1.94 bits per heavy atom. The lowest BCUT2D eigenvalue weighted by atomic mass is 9.91. The minimum Gasteiger partial charge on any atom is -0.494 e. The summed E-state index contributed by atoms with van der Waals surface area (Å²) in [5.41, 5.74) is 6.59. The highest BCUT2D eigenvalue weighted by Gasteiger charge is 2.44. The van der Waals surface area contributed by atoms with E-state index in [4.69, 9.17) is 19.6 Å². The molecule has 166 valence electrons. The molecule has 1 atom stereocenters. The second-order valence-corrected chi connectivity index (χ2v) is 7.58. The fourth-order valence-corrected chi connectivity index (χ4v) is 3.29. The smallest absolute Gasteiger partial charge is 0.266 e. The molecule has 3 rings (SSSR count). The van der Waals surface area contributed by atoms with Gasteiger partial charge >= 0.3 is 0 Å². The Morgan fingerprint density at radius 1 is 1.16 bits per heavy atom. The van der Waals surface area contributed by atoms with Crippen molar-refractivity contribution in [2.45, 2.75) is 38.1 Å². The van der Waals surface area contributed by atoms with Crippen LogP contribution in [0, 0.1) is 0 Å². The van der Waals surface area contributed by atoms with E-state index in [0.29, 0.717) is 37.6 Å². The third-order valence-electron chi connectivity index (χ3n) is 5.05. The van der Waals surface area contributed by atoms with Crippen molar-refractivity contribution < 1.29 is 19.4 Å². The zero-order valence-corrected chi connectivity index (χ0v) is 18.0. The minimum atomic E-state index is -1.04. The predicted molar refractivity (Wildman–Crippen MR) is 120 cm³/mol. The van der Waals surface area contributed by atoms with E-state index in [0.717, 1.165) is 24.0 Å². The van der Waals surface area contributed by atoms with Crippen molar-refractivity contribution in [1.82, 2.24) is 10.9 Å². The van der Waals surface area contributed by atoms with Crippen molar-refractivity contribution in [3.05, 3.63) is 65.7 Å². The summed E-state index contributed by atoms with van der Waals surface area (Å²) in [6.45, 7) is 3.54. The molecule has 0 saturated carbocycles. The molecule has 0 spiro atoms. The molecule has 7 nitrogen and oxygen atoms in total. The molecule has 1 aliphatic rings. The molecular formula is C24H31N3O4. The van der Waals surface area contributed by atoms with Gasteiger partial charge in [0.15, 0.2) is 5.54 Å². The van der Waals surface area contributed by atoms with Gasteiger partial charge in [0.1, 0.15) is 12.4 Å². The molecule has 0 saturated heterocycles. The van der Waals surface area contributed by atoms with E-state index in [9.17, 15) is 4.79 Å². The number of hydrogen-bond donors (Lipinski definition) is 3. The maximum atomic E-state index is 13.1. The maximum Gasteiger partial charge on any atom is 0.266 e. The second kappa shape index (κ2) is 11.5. The van der Waals surface area contributed by atoms with Crippen molar-refractivity contribution in [2.75, 3.05) is 26.4 Å². The van der Waals surface area contributed by atoms with Gasteiger partial charge in [-0.3, -0.25) is 10.2 Å². The number of nitrogens with zero attached hydrogens (tertiary/aromatic N) is 1. The van der Waals surface area contributed by atoms with E-state index in [2.05, 4.69) is 17.8 Å². The highest BCUT2D eigenvalue weighted by Crippen LogP contribution is 2.27. The molecule has 1 aliphatic heterocycles. The molecular weight excluding hydrogens is 394 g/mol. The molecule has 0 radical (unpaired) electrons. The first-order valence-corrected chi connectivity index (χ1v) is 10.8. The number of hydrogen-bond acceptors (Lipinski definition) is 6. The fourth-order valence-electron chi connectivity index (χ4n) is 3.29. The van der Waals surface area contributed by atoms with Gasteiger partial charge in [-0.15, -0.1) is 0 Å². The highest BCUT2D eigenvalue weighted by atomic mass is 16.5. The van der Waals surface area contributed by atoms with Crippen LogP contribution in [0.4, 0.5) is 0 Å². The molecule has 1 amide bonds. The van der Waals surface area contributed by atoms with E-state index in [1.54, 1.807) is 0 Å². The van der Waals surface area contributed by atoms with E-state index in [1.165, 1.54) is 0 Å². The van der Waals surface area contributed by atoms with Crippen molar-refractivity contribution in [3.8, 4) is 5.75 Å². The molecule has 0 aliphatic carbocycles. The summed E-state index contributed by atoms with van der Waals surface area (Å²) in [6, 6.07) is 17.2. The van der Waals surface area contributed by atoms with Gasteiger partial charge in [-0.05, 0) is 36.2 Å². The quantitative estimate of drug-likeness (QED) is 0.359. The molecule has 7 heteroatoms. The number of carbonyl (C=O) groups is 1. The van der Waals surface area contributed by atoms with Crippen LogP contribution in [0.1, 0.15) is 37.3 Å². The summed E-state index contributed by atoms with van der Waals surface area (Å²) >= 11 is 0. The van der Waals surface area contributed by atoms with Crippen LogP contribution in [0.25, 0.3) is 0 Å². The van der Waals surface area contributed by atoms with E-state index in [1.807, 2.05) is 54.6 Å². The fraction of sp³-hybridized carbons (Fsp3) is 0.417. The topological polar surface area (TPSA) is 92.2 Å². The monoisotopic (exact) mass is 425 g/mol. The summed E-state index contributed by atoms with van der Waals surface area (Å²) in [4.78, 5) is 17.9. The lowest BCUT2D eigenvalue weighted by Gasteiger charge is -2.23. The number of aliphatic hydroxyl groups excluding tert-OH is 1. The van der Waals surface area contributed by atoms with E-state index in [-0.39, 0.29) is 19.1 Å². The van der Waals surface area contributed by atoms with E-state index < -0.39 is 5.54 Å². The number of amides is 1. The number of rotatable bonds is 12. The van der Waals surface area contributed by atoms with Gasteiger partial charge in [-0.1, -0.05) is 43.7 Å². The van der Waals surface area contributed by atoms with Gasteiger partial charge in [0, 0.05) is 31.6 Å².